The molecule has 2 aliphatic rings. The zero-order valence-electron chi connectivity index (χ0n) is 14.2. The molecule has 136 valence electrons. The number of aromatic nitrogens is 1. The van der Waals surface area contributed by atoms with Gasteiger partial charge in [-0.3, -0.25) is 0 Å². The highest BCUT2D eigenvalue weighted by Gasteiger charge is 2.40. The minimum absolute atomic E-state index is 0.0268. The lowest BCUT2D eigenvalue weighted by atomic mass is 9.89. The molecule has 0 spiro atoms. The molecule has 0 amide bonds. The summed E-state index contributed by atoms with van der Waals surface area (Å²) in [5.74, 6) is -0.0268. The predicted octanol–water partition coefficient (Wildman–Crippen LogP) is 3.59. The van der Waals surface area contributed by atoms with Crippen LogP contribution < -0.4 is 5.32 Å². The van der Waals surface area contributed by atoms with Crippen LogP contribution in [0.5, 0.6) is 0 Å². The zero-order chi connectivity index (χ0) is 18.5. The third-order valence-corrected chi connectivity index (χ3v) is 7.11. The second-order valence-corrected chi connectivity index (χ2v) is 9.36. The minimum atomic E-state index is -3.49. The molecule has 4 nitrogen and oxygen atoms in total. The summed E-state index contributed by atoms with van der Waals surface area (Å²) >= 11 is 6.36. The first kappa shape index (κ1) is 17.6. The van der Waals surface area contributed by atoms with Crippen molar-refractivity contribution < 1.29 is 12.8 Å². The lowest BCUT2D eigenvalue weighted by Gasteiger charge is -2.27. The first-order valence-corrected chi connectivity index (χ1v) is 10.4. The highest BCUT2D eigenvalue weighted by Crippen LogP contribution is 2.42. The van der Waals surface area contributed by atoms with Crippen molar-refractivity contribution in [3.63, 3.8) is 0 Å². The number of benzene rings is 1. The van der Waals surface area contributed by atoms with E-state index in [1.807, 2.05) is 19.1 Å². The standard InChI is InChI=1S/C19H18ClFN2O2S/c1-12-2-3-16-14(8-12)15(20)9-18(23-16)19(21)5-4-13-11-22-6-7-26(24,25)17(13)10-19/h2-5,8-9,22H,6-7,10-11H2,1H3. The van der Waals surface area contributed by atoms with Gasteiger partial charge in [-0.05, 0) is 36.8 Å². The van der Waals surface area contributed by atoms with Crippen molar-refractivity contribution in [3.05, 3.63) is 63.2 Å². The van der Waals surface area contributed by atoms with E-state index in [0.717, 1.165) is 10.9 Å². The van der Waals surface area contributed by atoms with Crippen LogP contribution in [0.4, 0.5) is 4.39 Å². The monoisotopic (exact) mass is 392 g/mol. The second kappa shape index (κ2) is 6.15. The van der Waals surface area contributed by atoms with Crippen molar-refractivity contribution in [2.75, 3.05) is 18.8 Å². The molecule has 7 heteroatoms. The van der Waals surface area contributed by atoms with E-state index in [1.54, 1.807) is 12.1 Å². The quantitative estimate of drug-likeness (QED) is 0.805. The van der Waals surface area contributed by atoms with Gasteiger partial charge in [0.2, 0.25) is 0 Å². The first-order chi connectivity index (χ1) is 12.3. The number of hydrogen-bond donors (Lipinski definition) is 1. The van der Waals surface area contributed by atoms with Crippen molar-refractivity contribution in [2.24, 2.45) is 0 Å². The predicted molar refractivity (Wildman–Crippen MR) is 102 cm³/mol. The molecule has 0 saturated carbocycles. The smallest absolute Gasteiger partial charge is 0.176 e. The first-order valence-electron chi connectivity index (χ1n) is 8.40. The van der Waals surface area contributed by atoms with Crippen LogP contribution >= 0.6 is 11.6 Å². The van der Waals surface area contributed by atoms with Gasteiger partial charge < -0.3 is 5.32 Å². The van der Waals surface area contributed by atoms with Crippen molar-refractivity contribution in [3.8, 4) is 0 Å². The van der Waals surface area contributed by atoms with Gasteiger partial charge in [0.05, 0.1) is 26.9 Å². The number of alkyl halides is 1. The van der Waals surface area contributed by atoms with Gasteiger partial charge in [-0.1, -0.05) is 29.3 Å². The Morgan fingerprint density at radius 1 is 1.31 bits per heavy atom. The van der Waals surface area contributed by atoms with Crippen LogP contribution in [0.1, 0.15) is 17.7 Å². The van der Waals surface area contributed by atoms with E-state index in [0.29, 0.717) is 29.2 Å². The third kappa shape index (κ3) is 2.96. The summed E-state index contributed by atoms with van der Waals surface area (Å²) < 4.78 is 40.9. The van der Waals surface area contributed by atoms with Crippen molar-refractivity contribution in [1.82, 2.24) is 10.3 Å². The molecule has 0 saturated heterocycles. The van der Waals surface area contributed by atoms with Crippen molar-refractivity contribution in [2.45, 2.75) is 19.0 Å². The Balaban J connectivity index is 1.82. The summed E-state index contributed by atoms with van der Waals surface area (Å²) in [6, 6.07) is 7.09. The van der Waals surface area contributed by atoms with E-state index in [4.69, 9.17) is 11.6 Å². The maximum Gasteiger partial charge on any atom is 0.176 e. The molecule has 1 unspecified atom stereocenters. The summed E-state index contributed by atoms with van der Waals surface area (Å²) in [5.41, 5.74) is 0.383. The Kier molecular flexibility index (Phi) is 4.17. The van der Waals surface area contributed by atoms with Crippen LogP contribution in [0.15, 0.2) is 46.9 Å². The van der Waals surface area contributed by atoms with Gasteiger partial charge in [0, 0.05) is 24.9 Å². The maximum atomic E-state index is 15.8. The van der Waals surface area contributed by atoms with Gasteiger partial charge in [-0.25, -0.2) is 17.8 Å². The van der Waals surface area contributed by atoms with Crippen LogP contribution in [-0.4, -0.2) is 32.2 Å². The Morgan fingerprint density at radius 3 is 2.92 bits per heavy atom. The highest BCUT2D eigenvalue weighted by molar-refractivity contribution is 7.95. The topological polar surface area (TPSA) is 59.1 Å². The summed E-state index contributed by atoms with van der Waals surface area (Å²) in [6.07, 6.45) is 2.71. The number of nitrogens with zero attached hydrogens (tertiary/aromatic N) is 1. The number of pyridine rings is 1. The Bertz CT molecular complexity index is 1080. The molecule has 0 radical (unpaired) electrons. The van der Waals surface area contributed by atoms with Crippen LogP contribution in [0.25, 0.3) is 10.9 Å². The van der Waals surface area contributed by atoms with Crippen LogP contribution in [-0.2, 0) is 15.5 Å². The number of hydrogen-bond acceptors (Lipinski definition) is 4. The number of halogens is 2. The highest BCUT2D eigenvalue weighted by atomic mass is 35.5. The average molecular weight is 393 g/mol. The van der Waals surface area contributed by atoms with E-state index in [-0.39, 0.29) is 22.8 Å². The van der Waals surface area contributed by atoms with Crippen molar-refractivity contribution in [1.29, 1.82) is 0 Å². The molecule has 0 bridgehead atoms. The zero-order valence-corrected chi connectivity index (χ0v) is 15.8. The molecule has 2 aromatic rings. The van der Waals surface area contributed by atoms with Crippen molar-refractivity contribution >= 4 is 32.3 Å². The van der Waals surface area contributed by atoms with Crippen LogP contribution in [0.2, 0.25) is 5.02 Å². The van der Waals surface area contributed by atoms with Gasteiger partial charge in [0.15, 0.2) is 15.5 Å². The van der Waals surface area contributed by atoms with E-state index in [9.17, 15) is 8.42 Å². The maximum absolute atomic E-state index is 15.8. The molecule has 1 N–H and O–H groups in total. The molecule has 1 atom stereocenters. The number of sulfone groups is 1. The number of allylic oxidation sites excluding steroid dienone is 2. The van der Waals surface area contributed by atoms with Gasteiger partial charge >= 0.3 is 0 Å². The fraction of sp³-hybridized carbons (Fsp3) is 0.316. The van der Waals surface area contributed by atoms with E-state index >= 15 is 4.39 Å². The molecular formula is C19H18ClFN2O2S. The summed E-state index contributed by atoms with van der Waals surface area (Å²) in [6.45, 7) is 2.73. The van der Waals surface area contributed by atoms with Crippen LogP contribution in [0, 0.1) is 6.92 Å². The molecule has 1 aliphatic heterocycles. The normalized spacial score (nSPS) is 25.2. The van der Waals surface area contributed by atoms with E-state index in [2.05, 4.69) is 10.3 Å². The lowest BCUT2D eigenvalue weighted by molar-refractivity contribution is 0.226. The molecule has 26 heavy (non-hydrogen) atoms. The Morgan fingerprint density at radius 2 is 2.12 bits per heavy atom. The molecule has 0 fully saturated rings. The molecule has 4 rings (SSSR count). The number of nitrogens with one attached hydrogen (secondary N) is 1. The number of fused-ring (bicyclic) bond motifs is 1. The SMILES string of the molecule is Cc1ccc2nc(C3(F)C=CC4=C(C3)S(=O)(=O)CCNC4)cc(Cl)c2c1. The van der Waals surface area contributed by atoms with Gasteiger partial charge in [-0.2, -0.15) is 0 Å². The van der Waals surface area contributed by atoms with E-state index in [1.165, 1.54) is 12.1 Å². The summed E-state index contributed by atoms with van der Waals surface area (Å²) in [7, 11) is -3.49. The lowest BCUT2D eigenvalue weighted by Crippen LogP contribution is -2.26. The summed E-state index contributed by atoms with van der Waals surface area (Å²) in [4.78, 5) is 4.60. The number of aryl methyl sites for hydroxylation is 1. The Hall–Kier alpha value is -1.76. The average Bonchev–Trinajstić information content (AvgIpc) is 2.74. The molecule has 2 heterocycles. The minimum Gasteiger partial charge on any atom is -0.312 e. The second-order valence-electron chi connectivity index (χ2n) is 6.83. The van der Waals surface area contributed by atoms with Crippen LogP contribution in [0.3, 0.4) is 0 Å². The van der Waals surface area contributed by atoms with E-state index < -0.39 is 15.5 Å². The van der Waals surface area contributed by atoms with Gasteiger partial charge in [-0.15, -0.1) is 0 Å². The number of rotatable bonds is 1. The van der Waals surface area contributed by atoms with Gasteiger partial charge in [0.25, 0.3) is 0 Å². The molecule has 1 aromatic heterocycles. The third-order valence-electron chi connectivity index (χ3n) is 4.90. The fourth-order valence-corrected chi connectivity index (χ4v) is 5.32. The molecule has 1 aromatic carbocycles. The fourth-order valence-electron chi connectivity index (χ4n) is 3.44. The largest absolute Gasteiger partial charge is 0.312 e. The van der Waals surface area contributed by atoms with Gasteiger partial charge in [0.1, 0.15) is 0 Å². The Labute approximate surface area is 156 Å². The molecular weight excluding hydrogens is 375 g/mol. The summed E-state index contributed by atoms with van der Waals surface area (Å²) in [5, 5.41) is 4.22. The molecule has 1 aliphatic carbocycles.